The van der Waals surface area contributed by atoms with E-state index in [1.807, 2.05) is 20.8 Å². The molecule has 0 saturated heterocycles. The van der Waals surface area contributed by atoms with Crippen LogP contribution in [0.1, 0.15) is 37.8 Å². The number of rotatable bonds is 7. The van der Waals surface area contributed by atoms with Gasteiger partial charge in [0.1, 0.15) is 5.82 Å². The number of nitrogens with one attached hydrogen (secondary N) is 1. The Balaban J connectivity index is 2.57. The Morgan fingerprint density at radius 3 is 2.50 bits per heavy atom. The molecule has 0 aliphatic rings. The molecule has 1 aromatic carbocycles. The smallest absolute Gasteiger partial charge is 0.227 e. The molecular weight excluding hydrogens is 255 g/mol. The van der Waals surface area contributed by atoms with Crippen molar-refractivity contribution in [3.63, 3.8) is 0 Å². The van der Waals surface area contributed by atoms with Crippen molar-refractivity contribution in [3.8, 4) is 0 Å². The van der Waals surface area contributed by atoms with Crippen LogP contribution in [-0.2, 0) is 11.2 Å². The van der Waals surface area contributed by atoms with Crippen LogP contribution in [0.4, 0.5) is 4.39 Å². The summed E-state index contributed by atoms with van der Waals surface area (Å²) in [7, 11) is 0. The van der Waals surface area contributed by atoms with Crippen LogP contribution in [-0.4, -0.2) is 19.0 Å². The number of halogens is 1. The first-order valence-corrected chi connectivity index (χ1v) is 7.22. The van der Waals surface area contributed by atoms with Crippen molar-refractivity contribution in [3.05, 3.63) is 35.1 Å². The van der Waals surface area contributed by atoms with Crippen molar-refractivity contribution in [2.24, 2.45) is 11.1 Å². The van der Waals surface area contributed by atoms with Gasteiger partial charge in [-0.15, -0.1) is 0 Å². The lowest BCUT2D eigenvalue weighted by molar-refractivity contribution is -0.131. The van der Waals surface area contributed by atoms with E-state index >= 15 is 0 Å². The van der Waals surface area contributed by atoms with Gasteiger partial charge < -0.3 is 11.1 Å². The Hall–Kier alpha value is -1.42. The highest BCUT2D eigenvalue weighted by Crippen LogP contribution is 2.24. The molecule has 1 aromatic rings. The zero-order valence-corrected chi connectivity index (χ0v) is 12.6. The van der Waals surface area contributed by atoms with E-state index in [2.05, 4.69) is 5.32 Å². The number of amides is 1. The fourth-order valence-corrected chi connectivity index (χ4v) is 2.39. The lowest BCUT2D eigenvalue weighted by Gasteiger charge is -2.28. The maximum absolute atomic E-state index is 13.0. The molecule has 0 aromatic heterocycles. The Bertz CT molecular complexity index is 448. The van der Waals surface area contributed by atoms with Gasteiger partial charge in [0, 0.05) is 13.1 Å². The van der Waals surface area contributed by atoms with Gasteiger partial charge in [-0.3, -0.25) is 4.79 Å². The van der Waals surface area contributed by atoms with Gasteiger partial charge in [0.25, 0.3) is 0 Å². The van der Waals surface area contributed by atoms with Crippen LogP contribution < -0.4 is 11.1 Å². The van der Waals surface area contributed by atoms with Gasteiger partial charge >= 0.3 is 0 Å². The summed E-state index contributed by atoms with van der Waals surface area (Å²) < 4.78 is 13.0. The van der Waals surface area contributed by atoms with Crippen molar-refractivity contribution in [1.29, 1.82) is 0 Å². The zero-order chi connectivity index (χ0) is 15.2. The summed E-state index contributed by atoms with van der Waals surface area (Å²) in [5, 5.41) is 2.95. The summed E-state index contributed by atoms with van der Waals surface area (Å²) in [5.74, 6) is -0.209. The summed E-state index contributed by atoms with van der Waals surface area (Å²) in [6.07, 6.45) is 2.18. The quantitative estimate of drug-likeness (QED) is 0.806. The summed E-state index contributed by atoms with van der Waals surface area (Å²) in [6.45, 7) is 6.76. The molecule has 20 heavy (non-hydrogen) atoms. The predicted molar refractivity (Wildman–Crippen MR) is 79.9 cm³/mol. The number of carbonyl (C=O) groups excluding carboxylic acids is 1. The molecule has 112 valence electrons. The molecule has 1 amide bonds. The summed E-state index contributed by atoms with van der Waals surface area (Å²) >= 11 is 0. The van der Waals surface area contributed by atoms with Crippen LogP contribution in [0.25, 0.3) is 0 Å². The van der Waals surface area contributed by atoms with Crippen molar-refractivity contribution in [2.75, 3.05) is 13.1 Å². The molecular formula is C16H25FN2O. The van der Waals surface area contributed by atoms with Gasteiger partial charge in [-0.2, -0.15) is 0 Å². The third-order valence-electron chi connectivity index (χ3n) is 4.21. The number of nitrogens with two attached hydrogens (primary N) is 1. The zero-order valence-electron chi connectivity index (χ0n) is 12.6. The maximum Gasteiger partial charge on any atom is 0.227 e. The highest BCUT2D eigenvalue weighted by Gasteiger charge is 2.32. The van der Waals surface area contributed by atoms with Gasteiger partial charge in [0.05, 0.1) is 5.41 Å². The second-order valence-corrected chi connectivity index (χ2v) is 5.27. The fourth-order valence-electron chi connectivity index (χ4n) is 2.39. The second-order valence-electron chi connectivity index (χ2n) is 5.27. The van der Waals surface area contributed by atoms with Gasteiger partial charge in [0.2, 0.25) is 5.91 Å². The lowest BCUT2D eigenvalue weighted by atomic mass is 9.81. The lowest BCUT2D eigenvalue weighted by Crippen LogP contribution is -2.45. The first-order chi connectivity index (χ1) is 9.49. The van der Waals surface area contributed by atoms with Crippen LogP contribution >= 0.6 is 0 Å². The van der Waals surface area contributed by atoms with Crippen molar-refractivity contribution >= 4 is 5.91 Å². The molecule has 0 aliphatic carbocycles. The number of benzene rings is 1. The first-order valence-electron chi connectivity index (χ1n) is 7.22. The average Bonchev–Trinajstić information content (AvgIpc) is 2.44. The Labute approximate surface area is 120 Å². The first kappa shape index (κ1) is 16.6. The third-order valence-corrected chi connectivity index (χ3v) is 4.21. The summed E-state index contributed by atoms with van der Waals surface area (Å²) in [5.41, 5.74) is 7.26. The minimum absolute atomic E-state index is 0.0183. The minimum Gasteiger partial charge on any atom is -0.355 e. The molecule has 0 unspecified atom stereocenters. The van der Waals surface area contributed by atoms with Gasteiger partial charge in [0.15, 0.2) is 0 Å². The van der Waals surface area contributed by atoms with Crippen molar-refractivity contribution < 1.29 is 9.18 Å². The molecule has 0 radical (unpaired) electrons. The van der Waals surface area contributed by atoms with Gasteiger partial charge in [-0.1, -0.05) is 19.9 Å². The largest absolute Gasteiger partial charge is 0.355 e. The SMILES string of the molecule is CCC(CC)(CN)C(=O)NCCc1ccc(F)cc1C. The van der Waals surface area contributed by atoms with Crippen LogP contribution in [0.5, 0.6) is 0 Å². The maximum atomic E-state index is 13.0. The van der Waals surface area contributed by atoms with E-state index in [1.165, 1.54) is 12.1 Å². The Morgan fingerprint density at radius 1 is 1.35 bits per heavy atom. The monoisotopic (exact) mass is 280 g/mol. The van der Waals surface area contributed by atoms with Crippen molar-refractivity contribution in [2.45, 2.75) is 40.0 Å². The molecule has 0 heterocycles. The molecule has 0 bridgehead atoms. The highest BCUT2D eigenvalue weighted by atomic mass is 19.1. The number of hydrogen-bond acceptors (Lipinski definition) is 2. The van der Waals surface area contributed by atoms with E-state index in [-0.39, 0.29) is 11.7 Å². The van der Waals surface area contributed by atoms with Crippen LogP contribution in [0.15, 0.2) is 18.2 Å². The number of carbonyl (C=O) groups is 1. The molecule has 0 aliphatic heterocycles. The van der Waals surface area contributed by atoms with E-state index < -0.39 is 5.41 Å². The molecule has 4 heteroatoms. The average molecular weight is 280 g/mol. The molecule has 0 saturated carbocycles. The Kier molecular flexibility index (Phi) is 6.14. The topological polar surface area (TPSA) is 55.1 Å². The van der Waals surface area contributed by atoms with Crippen molar-refractivity contribution in [1.82, 2.24) is 5.32 Å². The number of aryl methyl sites for hydroxylation is 1. The predicted octanol–water partition coefficient (Wildman–Crippen LogP) is 2.56. The molecule has 0 spiro atoms. The van der Waals surface area contributed by atoms with Crippen LogP contribution in [0, 0.1) is 18.2 Å². The molecule has 3 nitrogen and oxygen atoms in total. The van der Waals surface area contributed by atoms with E-state index in [4.69, 9.17) is 5.73 Å². The normalized spacial score (nSPS) is 11.4. The van der Waals surface area contributed by atoms with Crippen LogP contribution in [0.2, 0.25) is 0 Å². The van der Waals surface area contributed by atoms with E-state index in [0.717, 1.165) is 24.0 Å². The van der Waals surface area contributed by atoms with Crippen LogP contribution in [0.3, 0.4) is 0 Å². The molecule has 3 N–H and O–H groups in total. The van der Waals surface area contributed by atoms with E-state index in [1.54, 1.807) is 6.07 Å². The molecule has 0 atom stereocenters. The Morgan fingerprint density at radius 2 is 2.00 bits per heavy atom. The number of hydrogen-bond donors (Lipinski definition) is 2. The van der Waals surface area contributed by atoms with Gasteiger partial charge in [-0.05, 0) is 49.4 Å². The van der Waals surface area contributed by atoms with E-state index in [9.17, 15) is 9.18 Å². The highest BCUT2D eigenvalue weighted by molar-refractivity contribution is 5.82. The summed E-state index contributed by atoms with van der Waals surface area (Å²) in [6, 6.07) is 4.73. The summed E-state index contributed by atoms with van der Waals surface area (Å²) in [4.78, 5) is 12.2. The second kappa shape index (κ2) is 7.39. The molecule has 1 rings (SSSR count). The third kappa shape index (κ3) is 3.79. The van der Waals surface area contributed by atoms with E-state index in [0.29, 0.717) is 19.5 Å². The standard InChI is InChI=1S/C16H25FN2O/c1-4-16(5-2,11-18)15(20)19-9-8-13-6-7-14(17)10-12(13)3/h6-7,10H,4-5,8-9,11,18H2,1-3H3,(H,19,20). The fraction of sp³-hybridized carbons (Fsp3) is 0.562. The molecule has 0 fully saturated rings. The minimum atomic E-state index is -0.460. The van der Waals surface area contributed by atoms with Gasteiger partial charge in [-0.25, -0.2) is 4.39 Å².